The number of amides is 4. The van der Waals surface area contributed by atoms with Gasteiger partial charge in [0.15, 0.2) is 0 Å². The van der Waals surface area contributed by atoms with Crippen LogP contribution in [-0.4, -0.2) is 34.6 Å². The Balaban J connectivity index is 2.14. The number of nitrogens with zero attached hydrogens (tertiary/aromatic N) is 1. The third-order valence-corrected chi connectivity index (χ3v) is 3.04. The molecule has 0 unspecified atom stereocenters. The first kappa shape index (κ1) is 8.47. The number of rotatable bonds is 1. The minimum Gasteiger partial charge on any atom is -0.398 e. The van der Waals surface area contributed by atoms with E-state index >= 15 is 0 Å². The SMILES string of the molecule is [2H]C1([2H])C(=O)NC(=O)[C@@H](N2C(=O)c3cccc(N)c3C2=O)C1([2H])[2H]. The molecular weight excluding hydrogens is 262 g/mol. The van der Waals surface area contributed by atoms with Gasteiger partial charge in [-0.15, -0.1) is 0 Å². The first-order chi connectivity index (χ1) is 11.0. The fourth-order valence-electron chi connectivity index (χ4n) is 2.16. The van der Waals surface area contributed by atoms with Gasteiger partial charge in [0.1, 0.15) is 6.04 Å². The molecule has 2 aliphatic rings. The lowest BCUT2D eigenvalue weighted by molar-refractivity contribution is -0.136. The molecule has 2 aliphatic heterocycles. The summed E-state index contributed by atoms with van der Waals surface area (Å²) in [6, 6.07) is 1.94. The molecule has 20 heavy (non-hydrogen) atoms. The molecule has 1 fully saturated rings. The maximum Gasteiger partial charge on any atom is 0.264 e. The van der Waals surface area contributed by atoms with Crippen LogP contribution in [0.1, 0.15) is 38.9 Å². The molecule has 4 amide bonds. The molecule has 0 spiro atoms. The molecule has 0 aromatic heterocycles. The minimum atomic E-state index is -3.12. The molecule has 1 aromatic rings. The van der Waals surface area contributed by atoms with Crippen molar-refractivity contribution >= 4 is 29.3 Å². The molecule has 102 valence electrons. The van der Waals surface area contributed by atoms with Crippen LogP contribution in [0.3, 0.4) is 0 Å². The number of hydrogen-bond acceptors (Lipinski definition) is 5. The van der Waals surface area contributed by atoms with E-state index in [9.17, 15) is 19.2 Å². The van der Waals surface area contributed by atoms with Crippen LogP contribution in [0.4, 0.5) is 5.69 Å². The Labute approximate surface area is 119 Å². The van der Waals surface area contributed by atoms with E-state index in [0.717, 1.165) is 0 Å². The van der Waals surface area contributed by atoms with Crippen molar-refractivity contribution < 1.29 is 24.7 Å². The molecule has 2 heterocycles. The summed E-state index contributed by atoms with van der Waals surface area (Å²) >= 11 is 0. The Morgan fingerprint density at radius 3 is 2.70 bits per heavy atom. The average molecular weight is 277 g/mol. The monoisotopic (exact) mass is 277 g/mol. The number of carbonyl (C=O) groups excluding carboxylic acids is 4. The summed E-state index contributed by atoms with van der Waals surface area (Å²) < 4.78 is 31.0. The van der Waals surface area contributed by atoms with Gasteiger partial charge in [0.25, 0.3) is 11.8 Å². The van der Waals surface area contributed by atoms with E-state index in [2.05, 4.69) is 0 Å². The van der Waals surface area contributed by atoms with E-state index in [4.69, 9.17) is 11.2 Å². The number of hydrogen-bond donors (Lipinski definition) is 2. The van der Waals surface area contributed by atoms with Gasteiger partial charge in [-0.3, -0.25) is 29.4 Å². The summed E-state index contributed by atoms with van der Waals surface area (Å²) in [6.07, 6.45) is -6.24. The minimum absolute atomic E-state index is 0.0239. The summed E-state index contributed by atoms with van der Waals surface area (Å²) in [5, 5.41) is 1.66. The Kier molecular flexibility index (Phi) is 1.76. The molecule has 1 atom stereocenters. The molecule has 7 nitrogen and oxygen atoms in total. The normalized spacial score (nSPS) is 30.0. The fraction of sp³-hybridized carbons (Fsp3) is 0.231. The predicted molar refractivity (Wildman–Crippen MR) is 67.5 cm³/mol. The molecule has 1 aromatic carbocycles. The Bertz CT molecular complexity index is 823. The molecule has 3 rings (SSSR count). The highest BCUT2D eigenvalue weighted by atomic mass is 16.2. The number of nitrogens with two attached hydrogens (primary N) is 1. The number of benzene rings is 1. The number of nitrogen functional groups attached to an aromatic ring is 1. The second-order valence-electron chi connectivity index (χ2n) is 4.24. The van der Waals surface area contributed by atoms with E-state index in [1.807, 2.05) is 0 Å². The van der Waals surface area contributed by atoms with Gasteiger partial charge in [0.2, 0.25) is 11.8 Å². The van der Waals surface area contributed by atoms with Crippen molar-refractivity contribution in [3.05, 3.63) is 29.3 Å². The van der Waals surface area contributed by atoms with Crippen LogP contribution in [0, 0.1) is 0 Å². The van der Waals surface area contributed by atoms with Crippen molar-refractivity contribution in [1.82, 2.24) is 10.2 Å². The molecule has 3 N–H and O–H groups in total. The molecule has 0 saturated carbocycles. The van der Waals surface area contributed by atoms with Gasteiger partial charge in [-0.25, -0.2) is 0 Å². The van der Waals surface area contributed by atoms with Gasteiger partial charge < -0.3 is 5.73 Å². The maximum atomic E-state index is 12.5. The number of nitrogens with one attached hydrogen (secondary N) is 1. The van der Waals surface area contributed by atoms with E-state index in [1.165, 1.54) is 18.2 Å². The fourth-order valence-corrected chi connectivity index (χ4v) is 2.16. The van der Waals surface area contributed by atoms with Crippen LogP contribution in [0.15, 0.2) is 18.2 Å². The summed E-state index contributed by atoms with van der Waals surface area (Å²) in [4.78, 5) is 49.0. The number of carbonyl (C=O) groups is 4. The summed E-state index contributed by atoms with van der Waals surface area (Å²) in [6.45, 7) is 0. The highest BCUT2D eigenvalue weighted by molar-refractivity contribution is 6.25. The first-order valence-corrected chi connectivity index (χ1v) is 5.63. The van der Waals surface area contributed by atoms with E-state index < -0.39 is 42.4 Å². The number of piperidine rings is 1. The third-order valence-electron chi connectivity index (χ3n) is 3.04. The molecule has 7 heteroatoms. The van der Waals surface area contributed by atoms with Crippen LogP contribution in [0.25, 0.3) is 0 Å². The lowest BCUT2D eigenvalue weighted by Gasteiger charge is -2.27. The van der Waals surface area contributed by atoms with Crippen molar-refractivity contribution in [2.24, 2.45) is 0 Å². The zero-order valence-corrected chi connectivity index (χ0v) is 9.97. The van der Waals surface area contributed by atoms with Crippen LogP contribution in [0.5, 0.6) is 0 Å². The Morgan fingerprint density at radius 1 is 1.25 bits per heavy atom. The second-order valence-corrected chi connectivity index (χ2v) is 4.24. The summed E-state index contributed by atoms with van der Waals surface area (Å²) in [7, 11) is 0. The summed E-state index contributed by atoms with van der Waals surface area (Å²) in [5.41, 5.74) is 5.36. The van der Waals surface area contributed by atoms with Crippen molar-refractivity contribution in [1.29, 1.82) is 0 Å². The summed E-state index contributed by atoms with van der Waals surface area (Å²) in [5.74, 6) is -4.73. The molecular formula is C13H11N3O4. The first-order valence-electron chi connectivity index (χ1n) is 7.63. The van der Waals surface area contributed by atoms with Crippen LogP contribution in [0.2, 0.25) is 0 Å². The molecule has 0 aliphatic carbocycles. The van der Waals surface area contributed by atoms with E-state index in [-0.39, 0.29) is 16.8 Å². The highest BCUT2D eigenvalue weighted by Gasteiger charge is 2.45. The van der Waals surface area contributed by atoms with Crippen molar-refractivity contribution in [3.63, 3.8) is 0 Å². The lowest BCUT2D eigenvalue weighted by atomic mass is 10.0. The van der Waals surface area contributed by atoms with Gasteiger partial charge >= 0.3 is 0 Å². The van der Waals surface area contributed by atoms with Crippen molar-refractivity contribution in [2.75, 3.05) is 5.73 Å². The van der Waals surface area contributed by atoms with E-state index in [0.29, 0.717) is 4.90 Å². The zero-order chi connectivity index (χ0) is 18.0. The topological polar surface area (TPSA) is 110 Å². The van der Waals surface area contributed by atoms with Gasteiger partial charge in [-0.05, 0) is 18.5 Å². The predicted octanol–water partition coefficient (Wildman–Crippen LogP) is -0.330. The van der Waals surface area contributed by atoms with E-state index in [1.54, 1.807) is 5.32 Å². The second kappa shape index (κ2) is 4.16. The van der Waals surface area contributed by atoms with Crippen LogP contribution >= 0.6 is 0 Å². The largest absolute Gasteiger partial charge is 0.398 e. The third kappa shape index (κ3) is 1.59. The highest BCUT2D eigenvalue weighted by Crippen LogP contribution is 2.30. The number of anilines is 1. The zero-order valence-electron chi connectivity index (χ0n) is 14.0. The smallest absolute Gasteiger partial charge is 0.264 e. The van der Waals surface area contributed by atoms with Gasteiger partial charge in [-0.2, -0.15) is 0 Å². The number of imide groups is 2. The van der Waals surface area contributed by atoms with Gasteiger partial charge in [0.05, 0.1) is 11.1 Å². The molecule has 0 radical (unpaired) electrons. The Morgan fingerprint density at radius 2 is 2.00 bits per heavy atom. The van der Waals surface area contributed by atoms with Crippen LogP contribution in [-0.2, 0) is 9.59 Å². The number of fused-ring (bicyclic) bond motifs is 1. The molecule has 0 bridgehead atoms. The van der Waals surface area contributed by atoms with Crippen molar-refractivity contribution in [2.45, 2.75) is 18.8 Å². The maximum absolute atomic E-state index is 12.5. The van der Waals surface area contributed by atoms with Crippen LogP contribution < -0.4 is 11.1 Å². The average Bonchev–Trinajstić information content (AvgIpc) is 2.72. The standard InChI is InChI=1S/C13H11N3O4/c14-7-3-1-2-6-10(7)13(20)16(12(6)19)8-4-5-9(17)15-11(8)18/h1-3,8H,4-5,14H2,(H,15,17,18)/t8-/m0/s1/i4D2,5D2. The van der Waals surface area contributed by atoms with Gasteiger partial charge in [-0.1, -0.05) is 6.07 Å². The Hall–Kier alpha value is -2.70. The van der Waals surface area contributed by atoms with Crippen molar-refractivity contribution in [3.8, 4) is 0 Å². The van der Waals surface area contributed by atoms with Gasteiger partial charge in [0, 0.05) is 17.5 Å². The lowest BCUT2D eigenvalue weighted by Crippen LogP contribution is -2.54. The quantitative estimate of drug-likeness (QED) is 0.539. The molecule has 1 saturated heterocycles.